The number of amides is 1. The van der Waals surface area contributed by atoms with Crippen LogP contribution in [0.3, 0.4) is 0 Å². The summed E-state index contributed by atoms with van der Waals surface area (Å²) in [4.78, 5) is 25.0. The maximum absolute atomic E-state index is 13.4. The van der Waals surface area contributed by atoms with Gasteiger partial charge in [0.1, 0.15) is 0 Å². The van der Waals surface area contributed by atoms with E-state index < -0.39 is 17.7 Å². The molecule has 2 fully saturated rings. The number of rotatable bonds is 4. The van der Waals surface area contributed by atoms with Gasteiger partial charge in [0.15, 0.2) is 18.2 Å². The highest BCUT2D eigenvalue weighted by Crippen LogP contribution is 2.41. The van der Waals surface area contributed by atoms with Gasteiger partial charge in [0.25, 0.3) is 5.91 Å². The van der Waals surface area contributed by atoms with Crippen LogP contribution in [-0.2, 0) is 9.59 Å². The Kier molecular flexibility index (Phi) is 3.53. The average Bonchev–Trinajstić information content (AvgIpc) is 3.04. The minimum atomic E-state index is -0.852. The van der Waals surface area contributed by atoms with Gasteiger partial charge in [-0.1, -0.05) is 12.1 Å². The standard InChI is InChI=1S/C15H16FNO4/c16-11-3-1-2-4-13(11)21-8-14(18)17-9-5-6-12(17)10(7-9)15(19)20/h1-4,9-10,12H,5-8H2,(H,19,20). The van der Waals surface area contributed by atoms with Crippen molar-refractivity contribution in [2.75, 3.05) is 6.61 Å². The molecule has 0 spiro atoms. The minimum absolute atomic E-state index is 0.0205. The molecular formula is C15H16FNO4. The molecule has 3 unspecified atom stereocenters. The summed E-state index contributed by atoms with van der Waals surface area (Å²) >= 11 is 0. The zero-order chi connectivity index (χ0) is 15.0. The molecule has 2 heterocycles. The molecule has 0 aromatic heterocycles. The summed E-state index contributed by atoms with van der Waals surface area (Å²) in [7, 11) is 0. The Balaban J connectivity index is 1.64. The predicted octanol–water partition coefficient (Wildman–Crippen LogP) is 1.67. The molecule has 2 saturated heterocycles. The van der Waals surface area contributed by atoms with Crippen LogP contribution >= 0.6 is 0 Å². The first-order valence-electron chi connectivity index (χ1n) is 6.99. The number of hydrogen-bond acceptors (Lipinski definition) is 3. The summed E-state index contributed by atoms with van der Waals surface area (Å²) in [5, 5.41) is 9.16. The lowest BCUT2D eigenvalue weighted by Crippen LogP contribution is -2.40. The molecule has 2 aliphatic heterocycles. The zero-order valence-corrected chi connectivity index (χ0v) is 11.4. The number of carboxylic acids is 1. The fourth-order valence-electron chi connectivity index (χ4n) is 3.42. The van der Waals surface area contributed by atoms with Gasteiger partial charge in [0.05, 0.1) is 5.92 Å². The first-order chi connectivity index (χ1) is 10.1. The Morgan fingerprint density at radius 2 is 2.10 bits per heavy atom. The summed E-state index contributed by atoms with van der Waals surface area (Å²) in [5.41, 5.74) is 0. The van der Waals surface area contributed by atoms with Gasteiger partial charge >= 0.3 is 5.97 Å². The minimum Gasteiger partial charge on any atom is -0.481 e. The molecule has 1 N–H and O–H groups in total. The first-order valence-corrected chi connectivity index (χ1v) is 6.99. The lowest BCUT2D eigenvalue weighted by molar-refractivity contribution is -0.143. The molecule has 1 aromatic rings. The van der Waals surface area contributed by atoms with Crippen molar-refractivity contribution in [2.45, 2.75) is 31.3 Å². The van der Waals surface area contributed by atoms with E-state index in [0.717, 1.165) is 6.42 Å². The molecule has 1 aromatic carbocycles. The van der Waals surface area contributed by atoms with Gasteiger partial charge in [0, 0.05) is 12.1 Å². The van der Waals surface area contributed by atoms with E-state index in [9.17, 15) is 14.0 Å². The second kappa shape index (κ2) is 5.35. The van der Waals surface area contributed by atoms with E-state index in [4.69, 9.17) is 9.84 Å². The number of hydrogen-bond donors (Lipinski definition) is 1. The Bertz CT molecular complexity index is 577. The number of ether oxygens (including phenoxy) is 1. The van der Waals surface area contributed by atoms with Crippen molar-refractivity contribution in [3.8, 4) is 5.75 Å². The second-order valence-electron chi connectivity index (χ2n) is 5.50. The number of carbonyl (C=O) groups is 2. The van der Waals surface area contributed by atoms with E-state index in [0.29, 0.717) is 12.8 Å². The summed E-state index contributed by atoms with van der Waals surface area (Å²) in [6.07, 6.45) is 2.05. The van der Waals surface area contributed by atoms with Gasteiger partial charge in [0.2, 0.25) is 0 Å². The average molecular weight is 293 g/mol. The third-order valence-electron chi connectivity index (χ3n) is 4.33. The highest BCUT2D eigenvalue weighted by Gasteiger charge is 2.51. The molecule has 5 nitrogen and oxygen atoms in total. The Morgan fingerprint density at radius 3 is 2.76 bits per heavy atom. The molecule has 1 amide bonds. The van der Waals surface area contributed by atoms with E-state index in [-0.39, 0.29) is 30.3 Å². The summed E-state index contributed by atoms with van der Waals surface area (Å²) in [5.74, 6) is -2.09. The lowest BCUT2D eigenvalue weighted by Gasteiger charge is -2.23. The van der Waals surface area contributed by atoms with Crippen molar-refractivity contribution in [3.63, 3.8) is 0 Å². The highest BCUT2D eigenvalue weighted by molar-refractivity contribution is 5.81. The summed E-state index contributed by atoms with van der Waals surface area (Å²) in [6, 6.07) is 5.63. The number of aliphatic carboxylic acids is 1. The van der Waals surface area contributed by atoms with Crippen LogP contribution in [0, 0.1) is 11.7 Å². The number of nitrogens with zero attached hydrogens (tertiary/aromatic N) is 1. The van der Waals surface area contributed by atoms with Gasteiger partial charge in [-0.05, 0) is 31.4 Å². The Hall–Kier alpha value is -2.11. The van der Waals surface area contributed by atoms with E-state index in [2.05, 4.69) is 0 Å². The van der Waals surface area contributed by atoms with Crippen molar-refractivity contribution in [1.29, 1.82) is 0 Å². The lowest BCUT2D eigenvalue weighted by atomic mass is 9.89. The molecule has 6 heteroatoms. The number of carboxylic acid groups (broad SMARTS) is 1. The van der Waals surface area contributed by atoms with Crippen molar-refractivity contribution >= 4 is 11.9 Å². The van der Waals surface area contributed by atoms with Crippen molar-refractivity contribution in [2.24, 2.45) is 5.92 Å². The fourth-order valence-corrected chi connectivity index (χ4v) is 3.42. The van der Waals surface area contributed by atoms with Crippen LogP contribution < -0.4 is 4.74 Å². The molecule has 0 aliphatic carbocycles. The summed E-state index contributed by atoms with van der Waals surface area (Å²) in [6.45, 7) is -0.264. The van der Waals surface area contributed by atoms with Crippen molar-refractivity contribution in [3.05, 3.63) is 30.1 Å². The Morgan fingerprint density at radius 1 is 1.33 bits per heavy atom. The van der Waals surface area contributed by atoms with Crippen LogP contribution in [0.25, 0.3) is 0 Å². The van der Waals surface area contributed by atoms with Crippen molar-refractivity contribution < 1.29 is 23.8 Å². The maximum atomic E-state index is 13.4. The number of para-hydroxylation sites is 1. The largest absolute Gasteiger partial charge is 0.481 e. The molecule has 21 heavy (non-hydrogen) atoms. The van der Waals surface area contributed by atoms with Gasteiger partial charge in [-0.3, -0.25) is 9.59 Å². The predicted molar refractivity (Wildman–Crippen MR) is 71.3 cm³/mol. The van der Waals surface area contributed by atoms with Crippen LogP contribution in [0.15, 0.2) is 24.3 Å². The molecule has 0 radical (unpaired) electrons. The fraction of sp³-hybridized carbons (Fsp3) is 0.467. The van der Waals surface area contributed by atoms with Crippen LogP contribution in [0.4, 0.5) is 4.39 Å². The third-order valence-corrected chi connectivity index (χ3v) is 4.33. The molecule has 0 saturated carbocycles. The number of halogens is 1. The third kappa shape index (κ3) is 2.46. The van der Waals surface area contributed by atoms with Crippen LogP contribution in [-0.4, -0.2) is 40.6 Å². The van der Waals surface area contributed by atoms with Crippen LogP contribution in [0.1, 0.15) is 19.3 Å². The van der Waals surface area contributed by atoms with Gasteiger partial charge in [-0.2, -0.15) is 0 Å². The van der Waals surface area contributed by atoms with Gasteiger partial charge in [-0.25, -0.2) is 4.39 Å². The zero-order valence-electron chi connectivity index (χ0n) is 11.4. The smallest absolute Gasteiger partial charge is 0.308 e. The van der Waals surface area contributed by atoms with E-state index in [1.807, 2.05) is 0 Å². The topological polar surface area (TPSA) is 66.8 Å². The van der Waals surface area contributed by atoms with Crippen LogP contribution in [0.5, 0.6) is 5.75 Å². The monoisotopic (exact) mass is 293 g/mol. The van der Waals surface area contributed by atoms with Crippen molar-refractivity contribution in [1.82, 2.24) is 4.90 Å². The Labute approximate surface area is 121 Å². The van der Waals surface area contributed by atoms with Gasteiger partial charge < -0.3 is 14.7 Å². The van der Waals surface area contributed by atoms with Gasteiger partial charge in [-0.15, -0.1) is 0 Å². The second-order valence-corrected chi connectivity index (χ2v) is 5.50. The molecule has 2 aliphatic rings. The van der Waals surface area contributed by atoms with E-state index in [1.165, 1.54) is 12.1 Å². The first kappa shape index (κ1) is 13.9. The molecule has 3 rings (SSSR count). The summed E-state index contributed by atoms with van der Waals surface area (Å²) < 4.78 is 18.6. The number of benzene rings is 1. The SMILES string of the molecule is O=C(O)C1CC2CCC1N2C(=O)COc1ccccc1F. The quantitative estimate of drug-likeness (QED) is 0.917. The van der Waals surface area contributed by atoms with Crippen LogP contribution in [0.2, 0.25) is 0 Å². The normalized spacial score (nSPS) is 26.9. The number of fused-ring (bicyclic) bond motifs is 2. The molecule has 3 atom stereocenters. The number of carbonyl (C=O) groups excluding carboxylic acids is 1. The van der Waals surface area contributed by atoms with E-state index >= 15 is 0 Å². The van der Waals surface area contributed by atoms with E-state index in [1.54, 1.807) is 17.0 Å². The highest BCUT2D eigenvalue weighted by atomic mass is 19.1. The molecule has 112 valence electrons. The molecular weight excluding hydrogens is 277 g/mol. The maximum Gasteiger partial charge on any atom is 0.308 e. The molecule has 2 bridgehead atoms.